The fourth-order valence-electron chi connectivity index (χ4n) is 0.705. The first-order valence-corrected chi connectivity index (χ1v) is 3.81. The van der Waals surface area contributed by atoms with Gasteiger partial charge in [0.15, 0.2) is 0 Å². The van der Waals surface area contributed by atoms with Crippen molar-refractivity contribution in [3.05, 3.63) is 22.7 Å². The normalized spacial score (nSPS) is 12.9. The SMILES string of the molecule is C1=NCCN1.Nc1ccnc(=O)[nH]1. The number of rotatable bonds is 0. The molecule has 0 aliphatic carbocycles. The Hall–Kier alpha value is -1.85. The van der Waals surface area contributed by atoms with Gasteiger partial charge in [-0.15, -0.1) is 0 Å². The maximum absolute atomic E-state index is 10.2. The van der Waals surface area contributed by atoms with Gasteiger partial charge in [0.2, 0.25) is 0 Å². The molecule has 0 bridgehead atoms. The maximum Gasteiger partial charge on any atom is 0.346 e. The van der Waals surface area contributed by atoms with E-state index in [0.717, 1.165) is 13.1 Å². The molecule has 1 aliphatic rings. The molecular formula is C7H11N5O. The van der Waals surface area contributed by atoms with Gasteiger partial charge in [-0.25, -0.2) is 9.78 Å². The molecule has 2 rings (SSSR count). The lowest BCUT2D eigenvalue weighted by Gasteiger charge is -1.84. The van der Waals surface area contributed by atoms with Crippen LogP contribution in [-0.2, 0) is 0 Å². The number of H-pyrrole nitrogens is 1. The van der Waals surface area contributed by atoms with Crippen molar-refractivity contribution in [2.45, 2.75) is 0 Å². The molecule has 70 valence electrons. The Bertz CT molecular complexity index is 326. The quantitative estimate of drug-likeness (QED) is 0.477. The van der Waals surface area contributed by atoms with Crippen LogP contribution in [0.4, 0.5) is 5.82 Å². The van der Waals surface area contributed by atoms with E-state index < -0.39 is 5.69 Å². The molecule has 0 spiro atoms. The molecule has 0 saturated heterocycles. The zero-order chi connectivity index (χ0) is 9.52. The second-order valence-corrected chi connectivity index (χ2v) is 2.32. The molecule has 2 heterocycles. The topological polar surface area (TPSA) is 96.2 Å². The van der Waals surface area contributed by atoms with Gasteiger partial charge in [-0.1, -0.05) is 0 Å². The van der Waals surface area contributed by atoms with Crippen molar-refractivity contribution < 1.29 is 0 Å². The van der Waals surface area contributed by atoms with Crippen LogP contribution in [-0.4, -0.2) is 29.4 Å². The number of nitrogens with one attached hydrogen (secondary N) is 2. The Morgan fingerprint density at radius 2 is 2.38 bits per heavy atom. The monoisotopic (exact) mass is 181 g/mol. The Kier molecular flexibility index (Phi) is 3.49. The van der Waals surface area contributed by atoms with E-state index in [0.29, 0.717) is 5.82 Å². The lowest BCUT2D eigenvalue weighted by atomic mass is 10.6. The molecule has 0 radical (unpaired) electrons. The van der Waals surface area contributed by atoms with Gasteiger partial charge in [0, 0.05) is 12.7 Å². The molecule has 0 amide bonds. The van der Waals surface area contributed by atoms with Crippen molar-refractivity contribution in [1.29, 1.82) is 0 Å². The summed E-state index contributed by atoms with van der Waals surface area (Å²) in [4.78, 5) is 19.7. The van der Waals surface area contributed by atoms with E-state index in [1.165, 1.54) is 12.3 Å². The fourth-order valence-corrected chi connectivity index (χ4v) is 0.705. The minimum atomic E-state index is -0.412. The number of anilines is 1. The molecular weight excluding hydrogens is 170 g/mol. The summed E-state index contributed by atoms with van der Waals surface area (Å²) in [5, 5.41) is 2.93. The molecule has 4 N–H and O–H groups in total. The van der Waals surface area contributed by atoms with Gasteiger partial charge in [0.1, 0.15) is 5.82 Å². The number of aliphatic imine (C=N–C) groups is 1. The molecule has 0 unspecified atom stereocenters. The van der Waals surface area contributed by atoms with Crippen molar-refractivity contribution >= 4 is 12.2 Å². The maximum atomic E-state index is 10.2. The predicted octanol–water partition coefficient (Wildman–Crippen LogP) is -1.03. The molecule has 6 nitrogen and oxygen atoms in total. The number of hydrogen-bond donors (Lipinski definition) is 3. The standard InChI is InChI=1S/C4H5N3O.C3H6N2/c5-3-1-2-6-4(8)7-3;1-2-5-3-4-1/h1-2H,(H3,5,6,7,8);3H,1-2H2,(H,4,5). The first-order valence-electron chi connectivity index (χ1n) is 3.81. The van der Waals surface area contributed by atoms with E-state index in [2.05, 4.69) is 20.3 Å². The van der Waals surface area contributed by atoms with Crippen molar-refractivity contribution in [2.24, 2.45) is 4.99 Å². The van der Waals surface area contributed by atoms with Crippen LogP contribution in [0.3, 0.4) is 0 Å². The van der Waals surface area contributed by atoms with Crippen molar-refractivity contribution in [1.82, 2.24) is 15.3 Å². The Morgan fingerprint density at radius 1 is 1.54 bits per heavy atom. The Morgan fingerprint density at radius 3 is 2.69 bits per heavy atom. The van der Waals surface area contributed by atoms with Crippen LogP contribution >= 0.6 is 0 Å². The van der Waals surface area contributed by atoms with Gasteiger partial charge in [0.05, 0.1) is 12.9 Å². The summed E-state index contributed by atoms with van der Waals surface area (Å²) in [6, 6.07) is 1.52. The fraction of sp³-hybridized carbons (Fsp3) is 0.286. The van der Waals surface area contributed by atoms with E-state index in [4.69, 9.17) is 5.73 Å². The van der Waals surface area contributed by atoms with E-state index >= 15 is 0 Å². The van der Waals surface area contributed by atoms with Crippen LogP contribution in [0.2, 0.25) is 0 Å². The Balaban J connectivity index is 0.000000145. The highest BCUT2D eigenvalue weighted by Gasteiger charge is 1.82. The van der Waals surface area contributed by atoms with E-state index in [1.807, 2.05) is 0 Å². The molecule has 0 atom stereocenters. The summed E-state index contributed by atoms with van der Waals surface area (Å²) in [6.45, 7) is 1.99. The van der Waals surface area contributed by atoms with E-state index in [-0.39, 0.29) is 0 Å². The number of nitrogen functional groups attached to an aromatic ring is 1. The zero-order valence-corrected chi connectivity index (χ0v) is 7.03. The van der Waals surface area contributed by atoms with Gasteiger partial charge in [0.25, 0.3) is 0 Å². The van der Waals surface area contributed by atoms with Crippen molar-refractivity contribution in [2.75, 3.05) is 18.8 Å². The van der Waals surface area contributed by atoms with Gasteiger partial charge >= 0.3 is 5.69 Å². The number of aromatic amines is 1. The van der Waals surface area contributed by atoms with E-state index in [1.54, 1.807) is 6.34 Å². The average molecular weight is 181 g/mol. The largest absolute Gasteiger partial charge is 0.385 e. The predicted molar refractivity (Wildman–Crippen MR) is 50.6 cm³/mol. The second-order valence-electron chi connectivity index (χ2n) is 2.32. The molecule has 6 heteroatoms. The zero-order valence-electron chi connectivity index (χ0n) is 7.03. The molecule has 1 aromatic rings. The summed E-state index contributed by atoms with van der Waals surface area (Å²) in [5.74, 6) is 0.338. The van der Waals surface area contributed by atoms with E-state index in [9.17, 15) is 4.79 Å². The van der Waals surface area contributed by atoms with Gasteiger partial charge in [-0.3, -0.25) is 9.98 Å². The smallest absolute Gasteiger partial charge is 0.346 e. The third kappa shape index (κ3) is 3.90. The van der Waals surface area contributed by atoms with Crippen LogP contribution in [0.5, 0.6) is 0 Å². The number of hydrogen-bond acceptors (Lipinski definition) is 5. The number of nitrogens with zero attached hydrogens (tertiary/aromatic N) is 2. The summed E-state index contributed by atoms with van der Waals surface area (Å²) in [6.07, 6.45) is 3.09. The molecule has 1 aliphatic heterocycles. The number of aromatic nitrogens is 2. The minimum Gasteiger partial charge on any atom is -0.385 e. The molecule has 0 saturated carbocycles. The van der Waals surface area contributed by atoms with Crippen molar-refractivity contribution in [3.8, 4) is 0 Å². The van der Waals surface area contributed by atoms with Crippen LogP contribution in [0.15, 0.2) is 22.1 Å². The molecule has 1 aromatic heterocycles. The Labute approximate surface area is 74.9 Å². The third-order valence-corrected chi connectivity index (χ3v) is 1.26. The molecule has 0 fully saturated rings. The summed E-state index contributed by atoms with van der Waals surface area (Å²) in [7, 11) is 0. The average Bonchev–Trinajstić information content (AvgIpc) is 2.59. The highest BCUT2D eigenvalue weighted by molar-refractivity contribution is 5.56. The highest BCUT2D eigenvalue weighted by Crippen LogP contribution is 1.82. The first-order chi connectivity index (χ1) is 6.29. The molecule has 13 heavy (non-hydrogen) atoms. The van der Waals surface area contributed by atoms with Gasteiger partial charge < -0.3 is 11.1 Å². The van der Waals surface area contributed by atoms with Crippen LogP contribution < -0.4 is 16.7 Å². The summed E-state index contributed by atoms with van der Waals surface area (Å²) in [5.41, 5.74) is 4.75. The number of nitrogens with two attached hydrogens (primary N) is 1. The summed E-state index contributed by atoms with van der Waals surface area (Å²) >= 11 is 0. The highest BCUT2D eigenvalue weighted by atomic mass is 16.1. The summed E-state index contributed by atoms with van der Waals surface area (Å²) < 4.78 is 0. The molecule has 0 aromatic carbocycles. The lowest BCUT2D eigenvalue weighted by Crippen LogP contribution is -2.10. The lowest BCUT2D eigenvalue weighted by molar-refractivity contribution is 0.965. The first kappa shape index (κ1) is 9.24. The second kappa shape index (κ2) is 4.91. The van der Waals surface area contributed by atoms with Crippen LogP contribution in [0.25, 0.3) is 0 Å². The minimum absolute atomic E-state index is 0.338. The van der Waals surface area contributed by atoms with Crippen LogP contribution in [0, 0.1) is 0 Å². The van der Waals surface area contributed by atoms with Gasteiger partial charge in [-0.2, -0.15) is 0 Å². The van der Waals surface area contributed by atoms with Crippen molar-refractivity contribution in [3.63, 3.8) is 0 Å². The van der Waals surface area contributed by atoms with Gasteiger partial charge in [-0.05, 0) is 6.07 Å². The van der Waals surface area contributed by atoms with Crippen LogP contribution in [0.1, 0.15) is 0 Å². The third-order valence-electron chi connectivity index (χ3n) is 1.26.